The maximum absolute atomic E-state index is 8.89. The molecule has 0 rings (SSSR count). The third-order valence-electron chi connectivity index (χ3n) is 0. The Morgan fingerprint density at radius 2 is 1.25 bits per heavy atom. The van der Waals surface area contributed by atoms with Gasteiger partial charge in [0.05, 0.1) is 0 Å². The zero-order chi connectivity index (χ0) is 4.50. The Morgan fingerprint density at radius 3 is 1.25 bits per heavy atom. The van der Waals surface area contributed by atoms with E-state index in [0.29, 0.717) is 0 Å². The van der Waals surface area contributed by atoms with Gasteiger partial charge in [0.1, 0.15) is 0 Å². The molecule has 0 aliphatic rings. The molecule has 0 saturated carbocycles. The van der Waals surface area contributed by atoms with Crippen LogP contribution in [0.25, 0.3) is 0 Å². The summed E-state index contributed by atoms with van der Waals surface area (Å²) in [5, 5.41) is 0. The molecule has 0 heterocycles. The Balaban J connectivity index is -0.0000000267. The third kappa shape index (κ3) is 76.2. The summed E-state index contributed by atoms with van der Waals surface area (Å²) in [6.07, 6.45) is 0. The summed E-state index contributed by atoms with van der Waals surface area (Å²) in [7, 11) is -4.33. The average molecular weight is 436 g/mol. The molecule has 0 amide bonds. The molecule has 1 radical (unpaired) electrons. The first-order valence-corrected chi connectivity index (χ1v) is 3.00. The summed E-state index contributed by atoms with van der Waals surface area (Å²) >= 11 is 3.24. The fraction of sp³-hybridized carbons (Fsp3) is 0. The van der Waals surface area contributed by atoms with Crippen LogP contribution in [0.5, 0.6) is 0 Å². The second-order valence-electron chi connectivity index (χ2n) is 0.408. The Hall–Kier alpha value is 2.51. The van der Waals surface area contributed by atoms with Crippen molar-refractivity contribution in [3.05, 3.63) is 0 Å². The van der Waals surface area contributed by atoms with Crippen LogP contribution >= 0.6 is 0 Å². The fourth-order valence-electron chi connectivity index (χ4n) is 0. The van der Waals surface area contributed by atoms with Crippen LogP contribution in [0.1, 0.15) is 0 Å². The summed E-state index contributed by atoms with van der Waals surface area (Å²) in [5.41, 5.74) is 0. The van der Waals surface area contributed by atoms with Crippen LogP contribution in [0.4, 0.5) is 0 Å². The van der Waals surface area contributed by atoms with Crippen molar-refractivity contribution in [1.82, 2.24) is 0 Å². The first-order chi connectivity index (χ1) is 2.00. The molecule has 0 fully saturated rings. The summed E-state index contributed by atoms with van der Waals surface area (Å²) in [4.78, 5) is 0. The molecule has 8 heavy (non-hydrogen) atoms. The molecule has 0 saturated heterocycles. The molecule has 8 heteroatoms. The van der Waals surface area contributed by atoms with Crippen molar-refractivity contribution in [2.24, 2.45) is 0 Å². The SMILES string of the molecule is O=S([O-])([O-])=S.[Ag+].[Ag+].[Ag]. The van der Waals surface area contributed by atoms with Gasteiger partial charge in [0.25, 0.3) is 0 Å². The maximum atomic E-state index is 8.89. The van der Waals surface area contributed by atoms with Crippen LogP contribution in [0.2, 0.25) is 0 Å². The van der Waals surface area contributed by atoms with Gasteiger partial charge in [-0.1, -0.05) is 0 Å². The van der Waals surface area contributed by atoms with E-state index in [1.165, 1.54) is 0 Å². The van der Waals surface area contributed by atoms with Crippen LogP contribution in [0.15, 0.2) is 0 Å². The molecule has 0 atom stereocenters. The van der Waals surface area contributed by atoms with E-state index < -0.39 is 9.05 Å². The van der Waals surface area contributed by atoms with Gasteiger partial charge >= 0.3 is 44.8 Å². The van der Waals surface area contributed by atoms with Gasteiger partial charge in [0.2, 0.25) is 0 Å². The van der Waals surface area contributed by atoms with Crippen molar-refractivity contribution < 1.29 is 80.5 Å². The van der Waals surface area contributed by atoms with Gasteiger partial charge in [-0.15, -0.1) is 9.05 Å². The smallest absolute Gasteiger partial charge is 0.780 e. The van der Waals surface area contributed by atoms with Gasteiger partial charge in [-0.05, 0) is 11.2 Å². The molecule has 0 aromatic rings. The number of hydrogen-bond donors (Lipinski definition) is 0. The Labute approximate surface area is 99.2 Å². The second kappa shape index (κ2) is 9.51. The topological polar surface area (TPSA) is 63.2 Å². The molecule has 0 unspecified atom stereocenters. The van der Waals surface area contributed by atoms with Crippen molar-refractivity contribution >= 4 is 20.2 Å². The molecule has 0 aliphatic heterocycles. The first kappa shape index (κ1) is 22.4. The molecule has 0 spiro atoms. The molecule has 0 bridgehead atoms. The van der Waals surface area contributed by atoms with E-state index in [-0.39, 0.29) is 67.1 Å². The van der Waals surface area contributed by atoms with E-state index in [9.17, 15) is 0 Å². The zero-order valence-corrected chi connectivity index (χ0v) is 9.03. The van der Waals surface area contributed by atoms with Gasteiger partial charge in [-0.2, -0.15) is 0 Å². The molecule has 0 N–H and O–H groups in total. The summed E-state index contributed by atoms with van der Waals surface area (Å²) in [6.45, 7) is 0. The fourth-order valence-corrected chi connectivity index (χ4v) is 0. The maximum Gasteiger partial charge on any atom is 1.00 e. The molecule has 0 aromatic carbocycles. The average Bonchev–Trinajstić information content (AvgIpc) is 0.722. The number of rotatable bonds is 0. The van der Waals surface area contributed by atoms with Crippen LogP contribution in [-0.2, 0) is 87.4 Å². The van der Waals surface area contributed by atoms with Crippen LogP contribution in [-0.4, -0.2) is 13.3 Å². The van der Waals surface area contributed by atoms with Crippen molar-refractivity contribution in [3.63, 3.8) is 0 Å². The third-order valence-corrected chi connectivity index (χ3v) is 0. The summed E-state index contributed by atoms with van der Waals surface area (Å²) < 4.78 is 26.7. The first-order valence-electron chi connectivity index (χ1n) is 0.667. The van der Waals surface area contributed by atoms with E-state index in [4.69, 9.17) is 13.3 Å². The van der Waals surface area contributed by atoms with Crippen LogP contribution in [0, 0.1) is 0 Å². The Kier molecular flexibility index (Phi) is 26.7. The number of hydrogen-bond acceptors (Lipinski definition) is 4. The zero-order valence-electron chi connectivity index (χ0n) is 2.95. The van der Waals surface area contributed by atoms with Gasteiger partial charge in [0.15, 0.2) is 0 Å². The Bertz CT molecular complexity index is 95.7. The van der Waals surface area contributed by atoms with E-state index in [1.807, 2.05) is 0 Å². The standard InChI is InChI=1S/3Ag.H2O3S2/c;;;1-5(2,3)4/h;;;(H2,1,2,3,4)/q;2*+1;/p-2. The molecule has 0 aromatic heterocycles. The minimum atomic E-state index is -4.33. The molecular weight excluding hydrogens is 436 g/mol. The minimum absolute atomic E-state index is 0. The van der Waals surface area contributed by atoms with Crippen LogP contribution in [0.3, 0.4) is 0 Å². The molecule has 3 nitrogen and oxygen atoms in total. The predicted molar refractivity (Wildman–Crippen MR) is 17.1 cm³/mol. The van der Waals surface area contributed by atoms with Crippen molar-refractivity contribution in [1.29, 1.82) is 0 Å². The summed E-state index contributed by atoms with van der Waals surface area (Å²) in [6, 6.07) is 0. The molecule has 63 valence electrons. The van der Waals surface area contributed by atoms with E-state index >= 15 is 0 Å². The normalized spacial score (nSPS) is 7.25. The largest absolute Gasteiger partial charge is 1.00 e. The Morgan fingerprint density at radius 1 is 1.25 bits per heavy atom. The van der Waals surface area contributed by atoms with Gasteiger partial charge in [-0.25, -0.2) is 0 Å². The van der Waals surface area contributed by atoms with Crippen molar-refractivity contribution in [2.75, 3.05) is 0 Å². The summed E-state index contributed by atoms with van der Waals surface area (Å²) in [5.74, 6) is 0. The quantitative estimate of drug-likeness (QED) is 0.457. The van der Waals surface area contributed by atoms with E-state index in [1.54, 1.807) is 0 Å². The van der Waals surface area contributed by atoms with Crippen LogP contribution < -0.4 is 0 Å². The molecule has 0 aliphatic carbocycles. The monoisotopic (exact) mass is 433 g/mol. The van der Waals surface area contributed by atoms with Crippen molar-refractivity contribution in [2.45, 2.75) is 0 Å². The van der Waals surface area contributed by atoms with Gasteiger partial charge < -0.3 is 9.11 Å². The van der Waals surface area contributed by atoms with E-state index in [0.717, 1.165) is 0 Å². The minimum Gasteiger partial charge on any atom is -0.780 e. The van der Waals surface area contributed by atoms with Gasteiger partial charge in [0, 0.05) is 22.4 Å². The van der Waals surface area contributed by atoms with Crippen molar-refractivity contribution in [3.8, 4) is 0 Å². The molecular formula is Ag3O3S2. The second-order valence-corrected chi connectivity index (χ2v) is 2.45. The predicted octanol–water partition coefficient (Wildman–Crippen LogP) is -1.01. The van der Waals surface area contributed by atoms with Gasteiger partial charge in [-0.3, -0.25) is 4.21 Å². The van der Waals surface area contributed by atoms with E-state index in [2.05, 4.69) is 11.2 Å².